The van der Waals surface area contributed by atoms with Crippen LogP contribution in [0.5, 0.6) is 0 Å². The summed E-state index contributed by atoms with van der Waals surface area (Å²) in [6, 6.07) is 0. The van der Waals surface area contributed by atoms with E-state index in [0.717, 1.165) is 0 Å². The standard InChI is InChI=1S/C3H7NOS.C2H6.CH2FNOS.Li.H/c1-2-5-3(4)6;1-2;2-4-1(3)5;;/h2H2,1H3,(H2,4,6);1-2H3;(H2,3,5);;/q;;;+1;-1. The minimum absolute atomic E-state index is 0. The molecule has 82 valence electrons. The summed E-state index contributed by atoms with van der Waals surface area (Å²) in [6.45, 7) is 6.40. The van der Waals surface area contributed by atoms with E-state index in [1.165, 1.54) is 0 Å². The van der Waals surface area contributed by atoms with Gasteiger partial charge in [0.15, 0.2) is 0 Å². The van der Waals surface area contributed by atoms with Crippen molar-refractivity contribution < 1.29 is 34.5 Å². The molecule has 0 saturated carbocycles. The predicted octanol–water partition coefficient (Wildman–Crippen LogP) is -1.46. The third kappa shape index (κ3) is 58.8. The molecule has 0 aromatic carbocycles. The second-order valence-electron chi connectivity index (χ2n) is 1.15. The van der Waals surface area contributed by atoms with Crippen LogP contribution in [0.25, 0.3) is 0 Å². The molecule has 0 heterocycles. The van der Waals surface area contributed by atoms with Crippen LogP contribution in [-0.2, 0) is 9.68 Å². The number of ether oxygens (including phenoxy) is 1. The minimum Gasteiger partial charge on any atom is -1.00 e. The van der Waals surface area contributed by atoms with Gasteiger partial charge in [0.05, 0.1) is 6.61 Å². The van der Waals surface area contributed by atoms with Crippen molar-refractivity contribution in [2.75, 3.05) is 6.61 Å². The fourth-order valence-corrected chi connectivity index (χ4v) is 0.260. The van der Waals surface area contributed by atoms with E-state index in [2.05, 4.69) is 39.8 Å². The van der Waals surface area contributed by atoms with Crippen LogP contribution in [0.3, 0.4) is 0 Å². The molecule has 8 heteroatoms. The Morgan fingerprint density at radius 1 is 1.29 bits per heavy atom. The first-order valence-corrected chi connectivity index (χ1v) is 4.36. The van der Waals surface area contributed by atoms with Crippen molar-refractivity contribution in [3.05, 3.63) is 0 Å². The molecule has 0 fully saturated rings. The molecule has 0 radical (unpaired) electrons. The van der Waals surface area contributed by atoms with Gasteiger partial charge in [0.25, 0.3) is 5.17 Å². The second-order valence-corrected chi connectivity index (χ2v) is 1.95. The average Bonchev–Trinajstić information content (AvgIpc) is 2.09. The first-order valence-electron chi connectivity index (χ1n) is 3.54. The zero-order valence-corrected chi connectivity index (χ0v) is 10.5. The van der Waals surface area contributed by atoms with Gasteiger partial charge >= 0.3 is 24.0 Å². The SMILES string of the molecule is CC.CCOC(N)=S.NC(=S)OF.[H-].[Li+]. The maximum Gasteiger partial charge on any atom is 1.00 e. The van der Waals surface area contributed by atoms with Crippen molar-refractivity contribution in [1.29, 1.82) is 0 Å². The molecule has 0 aliphatic carbocycles. The van der Waals surface area contributed by atoms with Crippen molar-refractivity contribution in [2.24, 2.45) is 11.5 Å². The van der Waals surface area contributed by atoms with Gasteiger partial charge in [0.1, 0.15) is 0 Å². The fraction of sp³-hybridized carbons (Fsp3) is 0.667. The number of nitrogens with two attached hydrogens (primary N) is 2. The van der Waals surface area contributed by atoms with E-state index in [4.69, 9.17) is 5.73 Å². The minimum atomic E-state index is -0.579. The molecule has 0 aromatic heterocycles. The molecular weight excluding hydrogens is 222 g/mol. The van der Waals surface area contributed by atoms with E-state index >= 15 is 0 Å². The van der Waals surface area contributed by atoms with Crippen LogP contribution >= 0.6 is 24.4 Å². The zero-order chi connectivity index (χ0) is 11.3. The summed E-state index contributed by atoms with van der Waals surface area (Å²) in [7, 11) is 0. The maximum atomic E-state index is 10.3. The molecule has 0 atom stereocenters. The number of hydrogen-bond donors (Lipinski definition) is 2. The van der Waals surface area contributed by atoms with Gasteiger partial charge in [-0.2, -0.15) is 0 Å². The molecule has 0 unspecified atom stereocenters. The van der Waals surface area contributed by atoms with Gasteiger partial charge in [-0.05, 0) is 31.4 Å². The van der Waals surface area contributed by atoms with Crippen molar-refractivity contribution in [2.45, 2.75) is 20.8 Å². The van der Waals surface area contributed by atoms with Gasteiger partial charge in [-0.25, -0.2) is 0 Å². The van der Waals surface area contributed by atoms with Crippen molar-refractivity contribution in [3.8, 4) is 0 Å². The van der Waals surface area contributed by atoms with Crippen molar-refractivity contribution >= 4 is 34.8 Å². The predicted molar refractivity (Wildman–Crippen MR) is 59.8 cm³/mol. The van der Waals surface area contributed by atoms with E-state index < -0.39 is 5.17 Å². The largest absolute Gasteiger partial charge is 1.00 e. The summed E-state index contributed by atoms with van der Waals surface area (Å²) >= 11 is 8.23. The average molecular weight is 238 g/mol. The van der Waals surface area contributed by atoms with Crippen LogP contribution in [0.2, 0.25) is 0 Å². The Bertz CT molecular complexity index is 146. The van der Waals surface area contributed by atoms with Gasteiger partial charge in [-0.3, -0.25) is 4.94 Å². The summed E-state index contributed by atoms with van der Waals surface area (Å²) in [5.74, 6) is 0. The topological polar surface area (TPSA) is 70.5 Å². The summed E-state index contributed by atoms with van der Waals surface area (Å²) < 4.78 is 14.9. The summed E-state index contributed by atoms with van der Waals surface area (Å²) in [5, 5.41) is -0.456. The van der Waals surface area contributed by atoms with Crippen LogP contribution < -0.4 is 30.3 Å². The van der Waals surface area contributed by atoms with Crippen molar-refractivity contribution in [1.82, 2.24) is 0 Å². The number of halogens is 1. The molecule has 0 rings (SSSR count). The Balaban J connectivity index is -0.0000000344. The summed E-state index contributed by atoms with van der Waals surface area (Å²) in [4.78, 5) is 2.76. The zero-order valence-electron chi connectivity index (χ0n) is 9.87. The number of hydrogen-bond acceptors (Lipinski definition) is 4. The smallest absolute Gasteiger partial charge is 1.00 e. The third-order valence-corrected chi connectivity index (χ3v) is 0.543. The van der Waals surface area contributed by atoms with E-state index in [0.29, 0.717) is 6.61 Å². The third-order valence-electron chi connectivity index (χ3n) is 0.363. The summed E-state index contributed by atoms with van der Waals surface area (Å²) in [6.07, 6.45) is 0. The molecule has 14 heavy (non-hydrogen) atoms. The molecule has 0 spiro atoms. The van der Waals surface area contributed by atoms with E-state index in [-0.39, 0.29) is 25.5 Å². The first kappa shape index (κ1) is 23.6. The Hall–Kier alpha value is -0.0926. The van der Waals surface area contributed by atoms with Crippen molar-refractivity contribution in [3.63, 3.8) is 0 Å². The Morgan fingerprint density at radius 3 is 1.57 bits per heavy atom. The number of rotatable bonds is 1. The molecule has 4 nitrogen and oxygen atoms in total. The Labute approximate surface area is 108 Å². The van der Waals surface area contributed by atoms with E-state index in [1.54, 1.807) is 0 Å². The first-order chi connectivity index (χ1) is 6.04. The van der Waals surface area contributed by atoms with Crippen LogP contribution in [0.4, 0.5) is 4.53 Å². The quantitative estimate of drug-likeness (QED) is 0.430. The normalized spacial score (nSPS) is 6.00. The van der Waals surface area contributed by atoms with Gasteiger partial charge in [0.2, 0.25) is 0 Å². The van der Waals surface area contributed by atoms with Crippen LogP contribution in [0.15, 0.2) is 0 Å². The Kier molecular flexibility index (Phi) is 38.9. The maximum absolute atomic E-state index is 10.3. The fourth-order valence-electron chi connectivity index (χ4n) is 0.142. The Morgan fingerprint density at radius 2 is 1.57 bits per heavy atom. The molecule has 0 bridgehead atoms. The van der Waals surface area contributed by atoms with Crippen LogP contribution in [0, 0.1) is 0 Å². The molecular formula is C6H16FLiN2O2S2. The molecule has 0 saturated heterocycles. The van der Waals surface area contributed by atoms with Gasteiger partial charge in [-0.15, -0.1) is 0 Å². The van der Waals surface area contributed by atoms with Gasteiger partial charge in [-0.1, -0.05) is 13.8 Å². The monoisotopic (exact) mass is 238 g/mol. The van der Waals surface area contributed by atoms with E-state index in [1.807, 2.05) is 20.8 Å². The summed E-state index contributed by atoms with van der Waals surface area (Å²) in [5.41, 5.74) is 9.34. The van der Waals surface area contributed by atoms with E-state index in [9.17, 15) is 4.53 Å². The second kappa shape index (κ2) is 23.1. The molecule has 0 aliphatic rings. The van der Waals surface area contributed by atoms with Gasteiger partial charge < -0.3 is 17.6 Å². The number of thiocarbonyl (C=S) groups is 2. The van der Waals surface area contributed by atoms with Crippen LogP contribution in [0.1, 0.15) is 22.2 Å². The molecule has 0 aromatic rings. The van der Waals surface area contributed by atoms with Crippen LogP contribution in [-0.4, -0.2) is 17.0 Å². The molecule has 0 aliphatic heterocycles. The molecule has 0 amide bonds. The molecule has 4 N–H and O–H groups in total. The van der Waals surface area contributed by atoms with Gasteiger partial charge in [0, 0.05) is 4.53 Å².